The quantitative estimate of drug-likeness (QED) is 0.612. The Morgan fingerprint density at radius 1 is 1.17 bits per heavy atom. The largest absolute Gasteiger partial charge is 0.484 e. The van der Waals surface area contributed by atoms with E-state index in [4.69, 9.17) is 16.3 Å². The molecule has 0 atom stereocenters. The predicted octanol–water partition coefficient (Wildman–Crippen LogP) is 4.93. The molecule has 2 aromatic carbocycles. The Bertz CT molecular complexity index is 1080. The molecule has 3 aromatic rings. The molecule has 1 aromatic heterocycles. The van der Waals surface area contributed by atoms with Crippen LogP contribution in [0.1, 0.15) is 26.4 Å². The van der Waals surface area contributed by atoms with Gasteiger partial charge >= 0.3 is 0 Å². The first-order chi connectivity index (χ1) is 14.5. The van der Waals surface area contributed by atoms with Crippen molar-refractivity contribution in [2.45, 2.75) is 19.9 Å². The molecule has 0 aliphatic carbocycles. The lowest BCUT2D eigenvalue weighted by atomic mass is 9.99. The van der Waals surface area contributed by atoms with Crippen LogP contribution in [-0.4, -0.2) is 29.9 Å². The van der Waals surface area contributed by atoms with Gasteiger partial charge in [-0.15, -0.1) is 11.3 Å². The number of rotatable bonds is 5. The molecule has 1 aliphatic heterocycles. The lowest BCUT2D eigenvalue weighted by molar-refractivity contribution is -0.118. The van der Waals surface area contributed by atoms with Crippen LogP contribution >= 0.6 is 22.9 Å². The summed E-state index contributed by atoms with van der Waals surface area (Å²) in [5, 5.41) is 5.44. The smallest absolute Gasteiger partial charge is 0.264 e. The number of fused-ring (bicyclic) bond motifs is 1. The minimum Gasteiger partial charge on any atom is -0.484 e. The van der Waals surface area contributed by atoms with Crippen molar-refractivity contribution in [3.8, 4) is 5.75 Å². The number of thiophene rings is 1. The standard InChI is InChI=1S/C23H21ClN2O3S/c1-15-11-19(6-7-20(15)24)29-14-22(27)25-18-5-4-16-8-9-26(13-17(16)12-18)23(28)21-3-2-10-30-21/h2-7,10-12H,8-9,13-14H2,1H3,(H,25,27). The van der Waals surface area contributed by atoms with Crippen LogP contribution in [0.5, 0.6) is 5.75 Å². The van der Waals surface area contributed by atoms with Crippen molar-refractivity contribution < 1.29 is 14.3 Å². The molecule has 2 heterocycles. The zero-order valence-corrected chi connectivity index (χ0v) is 18.1. The zero-order chi connectivity index (χ0) is 21.1. The lowest BCUT2D eigenvalue weighted by Crippen LogP contribution is -2.35. The number of aryl methyl sites for hydroxylation is 1. The first-order valence-corrected chi connectivity index (χ1v) is 10.9. The van der Waals surface area contributed by atoms with Crippen LogP contribution < -0.4 is 10.1 Å². The van der Waals surface area contributed by atoms with E-state index < -0.39 is 0 Å². The molecule has 1 N–H and O–H groups in total. The van der Waals surface area contributed by atoms with Gasteiger partial charge in [-0.1, -0.05) is 23.7 Å². The normalized spacial score (nSPS) is 12.9. The number of hydrogen-bond donors (Lipinski definition) is 1. The van der Waals surface area contributed by atoms with E-state index >= 15 is 0 Å². The molecule has 0 radical (unpaired) electrons. The highest BCUT2D eigenvalue weighted by Crippen LogP contribution is 2.25. The summed E-state index contributed by atoms with van der Waals surface area (Å²) in [5.41, 5.74) is 3.85. The van der Waals surface area contributed by atoms with Crippen molar-refractivity contribution in [2.24, 2.45) is 0 Å². The summed E-state index contributed by atoms with van der Waals surface area (Å²) < 4.78 is 5.56. The third kappa shape index (κ3) is 4.66. The van der Waals surface area contributed by atoms with Gasteiger partial charge in [-0.2, -0.15) is 0 Å². The van der Waals surface area contributed by atoms with Crippen LogP contribution in [0, 0.1) is 6.92 Å². The number of ether oxygens (including phenoxy) is 1. The summed E-state index contributed by atoms with van der Waals surface area (Å²) in [6.07, 6.45) is 0.805. The zero-order valence-electron chi connectivity index (χ0n) is 16.5. The number of carbonyl (C=O) groups is 2. The minimum absolute atomic E-state index is 0.0525. The second-order valence-corrected chi connectivity index (χ2v) is 8.54. The van der Waals surface area contributed by atoms with Crippen LogP contribution in [0.2, 0.25) is 5.02 Å². The summed E-state index contributed by atoms with van der Waals surface area (Å²) >= 11 is 7.46. The summed E-state index contributed by atoms with van der Waals surface area (Å²) in [7, 11) is 0. The summed E-state index contributed by atoms with van der Waals surface area (Å²) in [5.74, 6) is 0.404. The SMILES string of the molecule is Cc1cc(OCC(=O)Nc2ccc3c(c2)CN(C(=O)c2cccs2)CC3)ccc1Cl. The molecule has 154 valence electrons. The van der Waals surface area contributed by atoms with Crippen molar-refractivity contribution in [3.63, 3.8) is 0 Å². The molecule has 7 heteroatoms. The molecule has 0 unspecified atom stereocenters. The molecule has 5 nitrogen and oxygen atoms in total. The van der Waals surface area contributed by atoms with Crippen LogP contribution in [0.15, 0.2) is 53.9 Å². The Kier molecular flexibility index (Phi) is 6.06. The van der Waals surface area contributed by atoms with E-state index in [0.717, 1.165) is 22.4 Å². The van der Waals surface area contributed by atoms with Crippen molar-refractivity contribution in [1.82, 2.24) is 4.90 Å². The van der Waals surface area contributed by atoms with E-state index in [2.05, 4.69) is 5.32 Å². The Morgan fingerprint density at radius 2 is 2.03 bits per heavy atom. The molecular formula is C23H21ClN2O3S. The van der Waals surface area contributed by atoms with Gasteiger partial charge in [0.05, 0.1) is 4.88 Å². The second-order valence-electron chi connectivity index (χ2n) is 7.19. The highest BCUT2D eigenvalue weighted by Gasteiger charge is 2.22. The highest BCUT2D eigenvalue weighted by molar-refractivity contribution is 7.12. The first kappa shape index (κ1) is 20.4. The third-order valence-corrected chi connectivity index (χ3v) is 6.30. The topological polar surface area (TPSA) is 58.6 Å². The number of carbonyl (C=O) groups excluding carboxylic acids is 2. The van der Waals surface area contributed by atoms with Crippen molar-refractivity contribution in [2.75, 3.05) is 18.5 Å². The number of nitrogens with one attached hydrogen (secondary N) is 1. The molecule has 0 bridgehead atoms. The summed E-state index contributed by atoms with van der Waals surface area (Å²) in [4.78, 5) is 27.5. The van der Waals surface area contributed by atoms with Gasteiger partial charge < -0.3 is 15.0 Å². The summed E-state index contributed by atoms with van der Waals surface area (Å²) in [6, 6.07) is 14.9. The summed E-state index contributed by atoms with van der Waals surface area (Å²) in [6.45, 7) is 3.02. The maximum Gasteiger partial charge on any atom is 0.264 e. The molecule has 1 aliphatic rings. The monoisotopic (exact) mass is 440 g/mol. The van der Waals surface area contributed by atoms with E-state index in [0.29, 0.717) is 29.5 Å². The van der Waals surface area contributed by atoms with Crippen LogP contribution in [-0.2, 0) is 17.8 Å². The maximum atomic E-state index is 12.6. The van der Waals surface area contributed by atoms with E-state index in [1.54, 1.807) is 18.2 Å². The maximum absolute atomic E-state index is 12.6. The number of hydrogen-bond acceptors (Lipinski definition) is 4. The van der Waals surface area contributed by atoms with Crippen molar-refractivity contribution in [3.05, 3.63) is 80.5 Å². The van der Waals surface area contributed by atoms with E-state index in [-0.39, 0.29) is 18.4 Å². The highest BCUT2D eigenvalue weighted by atomic mass is 35.5. The number of nitrogens with zero attached hydrogens (tertiary/aromatic N) is 1. The van der Waals surface area contributed by atoms with Gasteiger partial charge in [0, 0.05) is 23.8 Å². The molecule has 0 spiro atoms. The molecular weight excluding hydrogens is 420 g/mol. The second kappa shape index (κ2) is 8.90. The molecule has 30 heavy (non-hydrogen) atoms. The van der Waals surface area contributed by atoms with E-state index in [9.17, 15) is 9.59 Å². The Balaban J connectivity index is 1.37. The van der Waals surface area contributed by atoms with Gasteiger partial charge in [0.15, 0.2) is 6.61 Å². The molecule has 0 fully saturated rings. The Hall–Kier alpha value is -2.83. The van der Waals surface area contributed by atoms with Crippen molar-refractivity contribution in [1.29, 1.82) is 0 Å². The predicted molar refractivity (Wildman–Crippen MR) is 120 cm³/mol. The van der Waals surface area contributed by atoms with Gasteiger partial charge in [0.25, 0.3) is 11.8 Å². The van der Waals surface area contributed by atoms with Crippen molar-refractivity contribution >= 4 is 40.4 Å². The Morgan fingerprint density at radius 3 is 2.80 bits per heavy atom. The fourth-order valence-electron chi connectivity index (χ4n) is 3.42. The van der Waals surface area contributed by atoms with E-state index in [1.807, 2.05) is 47.5 Å². The molecule has 2 amide bonds. The fourth-order valence-corrected chi connectivity index (χ4v) is 4.23. The molecule has 0 saturated carbocycles. The van der Waals surface area contributed by atoms with E-state index in [1.165, 1.54) is 16.9 Å². The Labute approximate surface area is 184 Å². The fraction of sp³-hybridized carbons (Fsp3) is 0.217. The average Bonchev–Trinajstić information content (AvgIpc) is 3.28. The average molecular weight is 441 g/mol. The van der Waals surface area contributed by atoms with Gasteiger partial charge in [0.1, 0.15) is 5.75 Å². The molecule has 4 rings (SSSR count). The van der Waals surface area contributed by atoms with Crippen LogP contribution in [0.4, 0.5) is 5.69 Å². The molecule has 0 saturated heterocycles. The first-order valence-electron chi connectivity index (χ1n) is 9.63. The number of halogens is 1. The third-order valence-electron chi connectivity index (χ3n) is 5.02. The minimum atomic E-state index is -0.245. The van der Waals surface area contributed by atoms with Gasteiger partial charge in [-0.25, -0.2) is 0 Å². The van der Waals surface area contributed by atoms with Crippen LogP contribution in [0.3, 0.4) is 0 Å². The lowest BCUT2D eigenvalue weighted by Gasteiger charge is -2.29. The van der Waals surface area contributed by atoms with Gasteiger partial charge in [-0.3, -0.25) is 9.59 Å². The van der Waals surface area contributed by atoms with Gasteiger partial charge in [-0.05, 0) is 71.8 Å². The van der Waals surface area contributed by atoms with Crippen LogP contribution in [0.25, 0.3) is 0 Å². The number of anilines is 1. The van der Waals surface area contributed by atoms with Gasteiger partial charge in [0.2, 0.25) is 0 Å². The number of benzene rings is 2. The number of amides is 2.